The molecule has 0 aromatic heterocycles. The highest BCUT2D eigenvalue weighted by Gasteiger charge is 2.33. The third-order valence-electron chi connectivity index (χ3n) is 4.28. The Morgan fingerprint density at radius 3 is 2.73 bits per heavy atom. The van der Waals surface area contributed by atoms with Gasteiger partial charge in [-0.15, -0.1) is 0 Å². The molecule has 4 nitrogen and oxygen atoms in total. The van der Waals surface area contributed by atoms with Crippen molar-refractivity contribution in [2.45, 2.75) is 45.0 Å². The van der Waals surface area contributed by atoms with Gasteiger partial charge in [-0.2, -0.15) is 0 Å². The second-order valence-corrected chi connectivity index (χ2v) is 9.26. The lowest BCUT2D eigenvalue weighted by Crippen LogP contribution is -2.51. The van der Waals surface area contributed by atoms with Gasteiger partial charge in [0.05, 0.1) is 5.25 Å². The van der Waals surface area contributed by atoms with Crippen LogP contribution >= 0.6 is 11.6 Å². The number of nitrogens with zero attached hydrogens (tertiary/aromatic N) is 1. The van der Waals surface area contributed by atoms with Crippen LogP contribution in [-0.4, -0.2) is 37.1 Å². The van der Waals surface area contributed by atoms with E-state index in [1.165, 1.54) is 0 Å². The van der Waals surface area contributed by atoms with E-state index in [0.717, 1.165) is 23.6 Å². The van der Waals surface area contributed by atoms with Gasteiger partial charge in [-0.3, -0.25) is 0 Å². The van der Waals surface area contributed by atoms with Gasteiger partial charge >= 0.3 is 0 Å². The molecule has 1 aromatic carbocycles. The normalized spacial score (nSPS) is 23.9. The fraction of sp³-hybridized carbons (Fsp3) is 0.625. The van der Waals surface area contributed by atoms with Crippen molar-refractivity contribution in [3.63, 3.8) is 0 Å². The van der Waals surface area contributed by atoms with Crippen LogP contribution < -0.4 is 5.32 Å². The Labute approximate surface area is 138 Å². The number of halogens is 1. The molecule has 1 aliphatic rings. The lowest BCUT2D eigenvalue weighted by Gasteiger charge is -2.37. The van der Waals surface area contributed by atoms with Crippen molar-refractivity contribution in [3.8, 4) is 0 Å². The van der Waals surface area contributed by atoms with E-state index in [0.29, 0.717) is 25.0 Å². The number of rotatable bonds is 5. The molecule has 0 bridgehead atoms. The SMILES string of the molecule is CC(C)S(=O)(=O)N1CC[C@H](NCc2cccc(Cl)c2)[C@H](C)C1. The predicted octanol–water partition coefficient (Wildman–Crippen LogP) is 2.88. The maximum absolute atomic E-state index is 12.2. The van der Waals surface area contributed by atoms with E-state index in [-0.39, 0.29) is 5.25 Å². The first-order valence-electron chi connectivity index (χ1n) is 7.77. The monoisotopic (exact) mass is 344 g/mol. The Morgan fingerprint density at radius 1 is 1.41 bits per heavy atom. The second-order valence-electron chi connectivity index (χ2n) is 6.33. The van der Waals surface area contributed by atoms with Gasteiger partial charge in [-0.25, -0.2) is 12.7 Å². The van der Waals surface area contributed by atoms with Crippen molar-refractivity contribution < 1.29 is 8.42 Å². The molecule has 0 amide bonds. The highest BCUT2D eigenvalue weighted by Crippen LogP contribution is 2.22. The molecule has 6 heteroatoms. The summed E-state index contributed by atoms with van der Waals surface area (Å²) in [5.74, 6) is 0.293. The zero-order chi connectivity index (χ0) is 16.3. The molecule has 1 saturated heterocycles. The number of hydrogen-bond acceptors (Lipinski definition) is 3. The summed E-state index contributed by atoms with van der Waals surface area (Å²) in [5, 5.41) is 3.93. The Kier molecular flexibility index (Phi) is 5.88. The van der Waals surface area contributed by atoms with Crippen LogP contribution in [0.1, 0.15) is 32.8 Å². The molecule has 22 heavy (non-hydrogen) atoms. The van der Waals surface area contributed by atoms with Crippen molar-refractivity contribution in [2.24, 2.45) is 5.92 Å². The van der Waals surface area contributed by atoms with Crippen LogP contribution in [0.15, 0.2) is 24.3 Å². The van der Waals surface area contributed by atoms with Crippen LogP contribution in [-0.2, 0) is 16.6 Å². The first kappa shape index (κ1) is 17.7. The second kappa shape index (κ2) is 7.30. The van der Waals surface area contributed by atoms with E-state index in [1.807, 2.05) is 24.3 Å². The van der Waals surface area contributed by atoms with Crippen molar-refractivity contribution in [1.29, 1.82) is 0 Å². The van der Waals surface area contributed by atoms with Crippen LogP contribution in [0.5, 0.6) is 0 Å². The molecule has 1 N–H and O–H groups in total. The van der Waals surface area contributed by atoms with Crippen molar-refractivity contribution in [2.75, 3.05) is 13.1 Å². The molecule has 0 spiro atoms. The van der Waals surface area contributed by atoms with E-state index in [2.05, 4.69) is 12.2 Å². The summed E-state index contributed by atoms with van der Waals surface area (Å²) < 4.78 is 26.1. The maximum atomic E-state index is 12.2. The average molecular weight is 345 g/mol. The summed E-state index contributed by atoms with van der Waals surface area (Å²) in [6, 6.07) is 8.14. The summed E-state index contributed by atoms with van der Waals surface area (Å²) in [6.07, 6.45) is 0.841. The largest absolute Gasteiger partial charge is 0.310 e. The molecule has 0 radical (unpaired) electrons. The van der Waals surface area contributed by atoms with Crippen molar-refractivity contribution >= 4 is 21.6 Å². The molecule has 1 heterocycles. The third kappa shape index (κ3) is 4.22. The molecular formula is C16H25ClN2O2S. The summed E-state index contributed by atoms with van der Waals surface area (Å²) in [6.45, 7) is 7.53. The third-order valence-corrected chi connectivity index (χ3v) is 6.76. The van der Waals surface area contributed by atoms with E-state index >= 15 is 0 Å². The molecule has 124 valence electrons. The summed E-state index contributed by atoms with van der Waals surface area (Å²) >= 11 is 5.99. The minimum absolute atomic E-state index is 0.293. The van der Waals surface area contributed by atoms with Crippen molar-refractivity contribution in [3.05, 3.63) is 34.9 Å². The Hall–Kier alpha value is -0.620. The minimum atomic E-state index is -3.14. The average Bonchev–Trinajstić information content (AvgIpc) is 2.45. The lowest BCUT2D eigenvalue weighted by atomic mass is 9.95. The summed E-state index contributed by atoms with van der Waals surface area (Å²) in [4.78, 5) is 0. The fourth-order valence-corrected chi connectivity index (χ4v) is 4.45. The Bertz CT molecular complexity index is 604. The van der Waals surface area contributed by atoms with Gasteiger partial charge in [0, 0.05) is 30.7 Å². The van der Waals surface area contributed by atoms with E-state index in [4.69, 9.17) is 11.6 Å². The van der Waals surface area contributed by atoms with Crippen molar-refractivity contribution in [1.82, 2.24) is 9.62 Å². The first-order chi connectivity index (χ1) is 10.3. The zero-order valence-electron chi connectivity index (χ0n) is 13.4. The van der Waals surface area contributed by atoms with Gasteiger partial charge < -0.3 is 5.32 Å². The van der Waals surface area contributed by atoms with E-state index in [9.17, 15) is 8.42 Å². The number of benzene rings is 1. The fourth-order valence-electron chi connectivity index (χ4n) is 2.84. The van der Waals surface area contributed by atoms with Gasteiger partial charge in [-0.05, 0) is 43.9 Å². The molecular weight excluding hydrogens is 320 g/mol. The molecule has 2 rings (SSSR count). The van der Waals surface area contributed by atoms with E-state index in [1.54, 1.807) is 18.2 Å². The highest BCUT2D eigenvalue weighted by molar-refractivity contribution is 7.89. The number of piperidine rings is 1. The van der Waals surface area contributed by atoms with Crippen LogP contribution in [0.3, 0.4) is 0 Å². The highest BCUT2D eigenvalue weighted by atomic mass is 35.5. The minimum Gasteiger partial charge on any atom is -0.310 e. The quantitative estimate of drug-likeness (QED) is 0.893. The Morgan fingerprint density at radius 2 is 2.14 bits per heavy atom. The van der Waals surface area contributed by atoms with Crippen LogP contribution in [0.2, 0.25) is 5.02 Å². The molecule has 0 aliphatic carbocycles. The molecule has 1 aromatic rings. The first-order valence-corrected chi connectivity index (χ1v) is 9.65. The zero-order valence-corrected chi connectivity index (χ0v) is 15.0. The Balaban J connectivity index is 1.91. The van der Waals surface area contributed by atoms with Crippen LogP contribution in [0, 0.1) is 5.92 Å². The molecule has 0 saturated carbocycles. The molecule has 1 aliphatic heterocycles. The van der Waals surface area contributed by atoms with Gasteiger partial charge in [0.25, 0.3) is 0 Å². The number of sulfonamides is 1. The molecule has 0 unspecified atom stereocenters. The summed E-state index contributed by atoms with van der Waals surface area (Å²) in [7, 11) is -3.14. The topological polar surface area (TPSA) is 49.4 Å². The molecule has 2 atom stereocenters. The number of hydrogen-bond donors (Lipinski definition) is 1. The standard InChI is InChI=1S/C16H25ClN2O2S/c1-12(2)22(20,21)19-8-7-16(13(3)11-19)18-10-14-5-4-6-15(17)9-14/h4-6,9,12-13,16,18H,7-8,10-11H2,1-3H3/t13-,16+/m1/s1. The maximum Gasteiger partial charge on any atom is 0.216 e. The summed E-state index contributed by atoms with van der Waals surface area (Å²) in [5.41, 5.74) is 1.15. The van der Waals surface area contributed by atoms with Gasteiger partial charge in [-0.1, -0.05) is 30.7 Å². The number of nitrogens with one attached hydrogen (secondary N) is 1. The lowest BCUT2D eigenvalue weighted by molar-refractivity contribution is 0.218. The van der Waals surface area contributed by atoms with Gasteiger partial charge in [0.1, 0.15) is 0 Å². The smallest absolute Gasteiger partial charge is 0.216 e. The van der Waals surface area contributed by atoms with Crippen LogP contribution in [0.25, 0.3) is 0 Å². The predicted molar refractivity (Wildman–Crippen MR) is 91.5 cm³/mol. The molecule has 1 fully saturated rings. The van der Waals surface area contributed by atoms with E-state index < -0.39 is 10.0 Å². The van der Waals surface area contributed by atoms with Gasteiger partial charge in [0.15, 0.2) is 0 Å². The van der Waals surface area contributed by atoms with Gasteiger partial charge in [0.2, 0.25) is 10.0 Å². The van der Waals surface area contributed by atoms with Crippen LogP contribution in [0.4, 0.5) is 0 Å².